The van der Waals surface area contributed by atoms with Gasteiger partial charge in [0, 0.05) is 25.7 Å². The summed E-state index contributed by atoms with van der Waals surface area (Å²) in [5, 5.41) is 9.26. The van der Waals surface area contributed by atoms with Gasteiger partial charge in [0.1, 0.15) is 0 Å². The molecule has 0 spiro atoms. The minimum absolute atomic E-state index is 0.0755. The number of carbonyl (C=O) groups is 1. The number of aliphatic imine (C=N–C) groups is 1. The number of nitrogens with one attached hydrogen (secondary N) is 3. The van der Waals surface area contributed by atoms with Crippen LogP contribution in [0.2, 0.25) is 0 Å². The second-order valence-electron chi connectivity index (χ2n) is 5.99. The van der Waals surface area contributed by atoms with Crippen molar-refractivity contribution < 1.29 is 4.79 Å². The van der Waals surface area contributed by atoms with Crippen LogP contribution in [-0.4, -0.2) is 32.0 Å². The molecule has 0 aliphatic rings. The first-order valence-corrected chi connectivity index (χ1v) is 9.10. The highest BCUT2D eigenvalue weighted by molar-refractivity contribution is 5.93. The molecule has 2 aromatic rings. The average Bonchev–Trinajstić information content (AvgIpc) is 2.70. The molecule has 0 saturated carbocycles. The van der Waals surface area contributed by atoms with Gasteiger partial charge in [-0.1, -0.05) is 42.5 Å². The number of benzene rings is 2. The molecule has 0 saturated heterocycles. The van der Waals surface area contributed by atoms with Gasteiger partial charge in [-0.15, -0.1) is 0 Å². The molecule has 5 heteroatoms. The van der Waals surface area contributed by atoms with Crippen molar-refractivity contribution in [2.24, 2.45) is 4.99 Å². The molecule has 26 heavy (non-hydrogen) atoms. The van der Waals surface area contributed by atoms with Crippen LogP contribution >= 0.6 is 0 Å². The van der Waals surface area contributed by atoms with Crippen molar-refractivity contribution in [2.45, 2.75) is 26.3 Å². The van der Waals surface area contributed by atoms with Gasteiger partial charge in [0.25, 0.3) is 5.91 Å². The molecule has 2 aromatic carbocycles. The molecule has 0 aromatic heterocycles. The monoisotopic (exact) mass is 352 g/mol. The molecule has 0 heterocycles. The Hall–Kier alpha value is -2.82. The van der Waals surface area contributed by atoms with E-state index in [1.54, 1.807) is 7.05 Å². The summed E-state index contributed by atoms with van der Waals surface area (Å²) in [4.78, 5) is 16.2. The summed E-state index contributed by atoms with van der Waals surface area (Å²) in [6, 6.07) is 18.0. The number of hydrogen-bond acceptors (Lipinski definition) is 2. The van der Waals surface area contributed by atoms with Gasteiger partial charge >= 0.3 is 0 Å². The van der Waals surface area contributed by atoms with Crippen molar-refractivity contribution in [3.8, 4) is 0 Å². The van der Waals surface area contributed by atoms with Crippen LogP contribution in [0.25, 0.3) is 0 Å². The van der Waals surface area contributed by atoms with E-state index in [0.29, 0.717) is 12.1 Å². The highest BCUT2D eigenvalue weighted by Crippen LogP contribution is 2.06. The first-order valence-electron chi connectivity index (χ1n) is 9.10. The van der Waals surface area contributed by atoms with Gasteiger partial charge in [-0.25, -0.2) is 4.99 Å². The predicted octanol–water partition coefficient (Wildman–Crippen LogP) is 2.73. The third-order valence-corrected chi connectivity index (χ3v) is 3.98. The molecule has 0 aliphatic carbocycles. The van der Waals surface area contributed by atoms with Crippen molar-refractivity contribution in [1.82, 2.24) is 16.0 Å². The third-order valence-electron chi connectivity index (χ3n) is 3.98. The Morgan fingerprint density at radius 3 is 2.35 bits per heavy atom. The standard InChI is InChI=1S/C21H28N4O/c1-3-23-21(24-15-7-10-17-8-5-4-6-9-17)25-16-18-11-13-19(14-12-18)20(26)22-2/h4-6,8-9,11-14H,3,7,10,15-16H2,1-2H3,(H,22,26)(H2,23,24,25). The maximum Gasteiger partial charge on any atom is 0.251 e. The number of carbonyl (C=O) groups excluding carboxylic acids is 1. The lowest BCUT2D eigenvalue weighted by Crippen LogP contribution is -2.37. The fourth-order valence-corrected chi connectivity index (χ4v) is 2.56. The maximum absolute atomic E-state index is 11.6. The number of nitrogens with zero attached hydrogens (tertiary/aromatic N) is 1. The van der Waals surface area contributed by atoms with Crippen LogP contribution in [-0.2, 0) is 13.0 Å². The first-order chi connectivity index (χ1) is 12.7. The SMILES string of the molecule is CCNC(=NCc1ccc(C(=O)NC)cc1)NCCCc1ccccc1. The molecular formula is C21H28N4O. The minimum atomic E-state index is -0.0755. The fraction of sp³-hybridized carbons (Fsp3) is 0.333. The number of aryl methyl sites for hydroxylation is 1. The summed E-state index contributed by atoms with van der Waals surface area (Å²) < 4.78 is 0. The number of rotatable bonds is 8. The third kappa shape index (κ3) is 6.59. The van der Waals surface area contributed by atoms with Gasteiger partial charge < -0.3 is 16.0 Å². The lowest BCUT2D eigenvalue weighted by Gasteiger charge is -2.11. The van der Waals surface area contributed by atoms with E-state index >= 15 is 0 Å². The molecule has 0 radical (unpaired) electrons. The zero-order valence-corrected chi connectivity index (χ0v) is 15.6. The Morgan fingerprint density at radius 1 is 0.962 bits per heavy atom. The second-order valence-corrected chi connectivity index (χ2v) is 5.99. The largest absolute Gasteiger partial charge is 0.357 e. The lowest BCUT2D eigenvalue weighted by atomic mass is 10.1. The van der Waals surface area contributed by atoms with Crippen LogP contribution in [0.1, 0.15) is 34.8 Å². The van der Waals surface area contributed by atoms with Crippen LogP contribution in [0.4, 0.5) is 0 Å². The summed E-state index contributed by atoms with van der Waals surface area (Å²) in [7, 11) is 1.63. The molecule has 1 amide bonds. The van der Waals surface area contributed by atoms with E-state index in [1.807, 2.05) is 30.3 Å². The van der Waals surface area contributed by atoms with E-state index in [2.05, 4.69) is 52.1 Å². The average molecular weight is 352 g/mol. The van der Waals surface area contributed by atoms with E-state index in [0.717, 1.165) is 37.5 Å². The molecular weight excluding hydrogens is 324 g/mol. The van der Waals surface area contributed by atoms with Crippen LogP contribution < -0.4 is 16.0 Å². The van der Waals surface area contributed by atoms with Crippen molar-refractivity contribution in [3.05, 3.63) is 71.3 Å². The van der Waals surface area contributed by atoms with Crippen molar-refractivity contribution in [3.63, 3.8) is 0 Å². The summed E-state index contributed by atoms with van der Waals surface area (Å²) in [5.74, 6) is 0.740. The van der Waals surface area contributed by atoms with Gasteiger partial charge in [-0.3, -0.25) is 4.79 Å². The topological polar surface area (TPSA) is 65.5 Å². The van der Waals surface area contributed by atoms with Gasteiger partial charge in [-0.2, -0.15) is 0 Å². The van der Waals surface area contributed by atoms with Crippen LogP contribution in [0.15, 0.2) is 59.6 Å². The fourth-order valence-electron chi connectivity index (χ4n) is 2.56. The van der Waals surface area contributed by atoms with E-state index in [4.69, 9.17) is 0 Å². The number of hydrogen-bond donors (Lipinski definition) is 3. The zero-order chi connectivity index (χ0) is 18.6. The molecule has 0 bridgehead atoms. The van der Waals surface area contributed by atoms with Gasteiger partial charge in [0.15, 0.2) is 5.96 Å². The van der Waals surface area contributed by atoms with E-state index in [9.17, 15) is 4.79 Å². The minimum Gasteiger partial charge on any atom is -0.357 e. The van der Waals surface area contributed by atoms with Crippen LogP contribution in [0, 0.1) is 0 Å². The lowest BCUT2D eigenvalue weighted by molar-refractivity contribution is 0.0963. The Morgan fingerprint density at radius 2 is 1.69 bits per heavy atom. The van der Waals surface area contributed by atoms with Crippen molar-refractivity contribution in [2.75, 3.05) is 20.1 Å². The summed E-state index contributed by atoms with van der Waals surface area (Å²) >= 11 is 0. The molecule has 0 unspecified atom stereocenters. The smallest absolute Gasteiger partial charge is 0.251 e. The quantitative estimate of drug-likeness (QED) is 0.389. The molecule has 138 valence electrons. The zero-order valence-electron chi connectivity index (χ0n) is 15.6. The van der Waals surface area contributed by atoms with Crippen LogP contribution in [0.3, 0.4) is 0 Å². The van der Waals surface area contributed by atoms with Crippen molar-refractivity contribution >= 4 is 11.9 Å². The Balaban J connectivity index is 1.82. The van der Waals surface area contributed by atoms with E-state index < -0.39 is 0 Å². The highest BCUT2D eigenvalue weighted by atomic mass is 16.1. The molecule has 5 nitrogen and oxygen atoms in total. The Bertz CT molecular complexity index is 696. The number of amides is 1. The van der Waals surface area contributed by atoms with E-state index in [1.165, 1.54) is 5.56 Å². The molecule has 2 rings (SSSR count). The first kappa shape index (κ1) is 19.5. The Kier molecular flexibility index (Phi) is 8.19. The Labute approximate surface area is 155 Å². The predicted molar refractivity (Wildman–Crippen MR) is 107 cm³/mol. The summed E-state index contributed by atoms with van der Waals surface area (Å²) in [6.45, 7) is 4.32. The normalized spacial score (nSPS) is 11.1. The summed E-state index contributed by atoms with van der Waals surface area (Å²) in [6.07, 6.45) is 2.10. The molecule has 0 aliphatic heterocycles. The van der Waals surface area contributed by atoms with Gasteiger partial charge in [-0.05, 0) is 43.0 Å². The molecule has 0 fully saturated rings. The molecule has 3 N–H and O–H groups in total. The second kappa shape index (κ2) is 10.9. The molecule has 0 atom stereocenters. The maximum atomic E-state index is 11.6. The number of guanidine groups is 1. The van der Waals surface area contributed by atoms with Crippen LogP contribution in [0.5, 0.6) is 0 Å². The van der Waals surface area contributed by atoms with E-state index in [-0.39, 0.29) is 5.91 Å². The van der Waals surface area contributed by atoms with Gasteiger partial charge in [0.05, 0.1) is 6.54 Å². The van der Waals surface area contributed by atoms with Gasteiger partial charge in [0.2, 0.25) is 0 Å². The highest BCUT2D eigenvalue weighted by Gasteiger charge is 2.02. The summed E-state index contributed by atoms with van der Waals surface area (Å²) in [5.41, 5.74) is 3.08. The van der Waals surface area contributed by atoms with Crippen molar-refractivity contribution in [1.29, 1.82) is 0 Å².